The Morgan fingerprint density at radius 3 is 2.62 bits per heavy atom. The summed E-state index contributed by atoms with van der Waals surface area (Å²) < 4.78 is 33.1. The molecule has 3 N–H and O–H groups in total. The van der Waals surface area contributed by atoms with Crippen LogP contribution in [0, 0.1) is 0 Å². The van der Waals surface area contributed by atoms with E-state index >= 15 is 0 Å². The van der Waals surface area contributed by atoms with Crippen molar-refractivity contribution in [3.8, 4) is 5.75 Å². The van der Waals surface area contributed by atoms with Gasteiger partial charge in [-0.05, 0) is 23.6 Å². The summed E-state index contributed by atoms with van der Waals surface area (Å²) in [5.41, 5.74) is 1.72. The smallest absolute Gasteiger partial charge is 0.244 e. The highest BCUT2D eigenvalue weighted by molar-refractivity contribution is 7.89. The van der Waals surface area contributed by atoms with E-state index in [1.165, 1.54) is 21.8 Å². The van der Waals surface area contributed by atoms with Crippen molar-refractivity contribution in [2.24, 2.45) is 0 Å². The molecule has 1 aliphatic rings. The third-order valence-corrected chi connectivity index (χ3v) is 12.5. The van der Waals surface area contributed by atoms with E-state index in [4.69, 9.17) is 16.3 Å². The average molecular weight is 614 g/mol. The summed E-state index contributed by atoms with van der Waals surface area (Å²) >= 11 is 7.77. The maximum atomic E-state index is 13.0. The lowest BCUT2D eigenvalue weighted by molar-refractivity contribution is 0.417. The molecule has 0 bridgehead atoms. The first-order valence-corrected chi connectivity index (χ1v) is 17.9. The fraction of sp³-hybridized carbons (Fsp3) is 0.440. The largest absolute Gasteiger partial charge is 0.494 e. The second-order valence-corrected chi connectivity index (χ2v) is 16.2. The molecule has 0 radical (unpaired) electrons. The first-order chi connectivity index (χ1) is 18.6. The molecule has 0 spiro atoms. The second-order valence-electron chi connectivity index (χ2n) is 9.32. The van der Waals surface area contributed by atoms with E-state index in [1.54, 1.807) is 18.6 Å². The molecular formula is C25H35ClN6O4PS2+. The van der Waals surface area contributed by atoms with Crippen molar-refractivity contribution in [3.05, 3.63) is 45.7 Å². The summed E-state index contributed by atoms with van der Waals surface area (Å²) in [6.07, 6.45) is 3.12. The molecule has 0 amide bonds. The maximum Gasteiger partial charge on any atom is 0.244 e. The predicted molar refractivity (Wildman–Crippen MR) is 162 cm³/mol. The van der Waals surface area contributed by atoms with Gasteiger partial charge < -0.3 is 20.3 Å². The number of aromatic nitrogens is 2. The van der Waals surface area contributed by atoms with E-state index in [0.717, 1.165) is 31.1 Å². The van der Waals surface area contributed by atoms with Crippen LogP contribution in [0.3, 0.4) is 0 Å². The highest BCUT2D eigenvalue weighted by Gasteiger charge is 2.34. The molecule has 212 valence electrons. The molecule has 2 aromatic heterocycles. The Labute approximate surface area is 239 Å². The van der Waals surface area contributed by atoms with Crippen LogP contribution in [-0.2, 0) is 16.6 Å². The van der Waals surface area contributed by atoms with E-state index in [-0.39, 0.29) is 6.54 Å². The fourth-order valence-corrected chi connectivity index (χ4v) is 8.87. The highest BCUT2D eigenvalue weighted by atomic mass is 35.5. The zero-order valence-electron chi connectivity index (χ0n) is 22.5. The van der Waals surface area contributed by atoms with Crippen molar-refractivity contribution >= 4 is 63.6 Å². The van der Waals surface area contributed by atoms with Gasteiger partial charge in [-0.1, -0.05) is 25.4 Å². The number of methoxy groups -OCH3 is 1. The molecule has 10 nitrogen and oxygen atoms in total. The fourth-order valence-electron chi connectivity index (χ4n) is 4.35. The minimum absolute atomic E-state index is 0.248. The zero-order valence-corrected chi connectivity index (χ0v) is 25.8. The lowest BCUT2D eigenvalue weighted by atomic mass is 10.2. The molecule has 0 aliphatic carbocycles. The summed E-state index contributed by atoms with van der Waals surface area (Å²) in [7, 11) is -3.74. The van der Waals surface area contributed by atoms with Crippen LogP contribution in [-0.4, -0.2) is 79.9 Å². The molecule has 1 aromatic carbocycles. The Morgan fingerprint density at radius 1 is 1.23 bits per heavy atom. The van der Waals surface area contributed by atoms with Crippen molar-refractivity contribution < 1.29 is 18.0 Å². The molecule has 3 heterocycles. The van der Waals surface area contributed by atoms with Crippen LogP contribution < -0.4 is 20.3 Å². The van der Waals surface area contributed by atoms with Crippen LogP contribution in [0.2, 0.25) is 5.02 Å². The normalized spacial score (nSPS) is 15.4. The van der Waals surface area contributed by atoms with E-state index in [0.29, 0.717) is 51.1 Å². The number of hydrogen-bond acceptors (Lipinski definition) is 10. The average Bonchev–Trinajstić information content (AvgIpc) is 3.40. The minimum atomic E-state index is -3.57. The SMILES string of the molecule is CCN(CC)S(=O)(=O)c1ccsc1CNc1ncc(Cl)c(Nc2ccc(N3CC[P+](C)(O)CC3)cc2OC)n1. The van der Waals surface area contributed by atoms with Crippen LogP contribution in [0.25, 0.3) is 0 Å². The molecular weight excluding hydrogens is 579 g/mol. The Bertz CT molecular complexity index is 1390. The van der Waals surface area contributed by atoms with Crippen LogP contribution in [0.15, 0.2) is 40.7 Å². The molecule has 1 fully saturated rings. The second kappa shape index (κ2) is 12.5. The van der Waals surface area contributed by atoms with Crippen molar-refractivity contribution in [2.75, 3.05) is 67.8 Å². The Balaban J connectivity index is 1.48. The summed E-state index contributed by atoms with van der Waals surface area (Å²) in [6.45, 7) is 8.31. The first kappa shape index (κ1) is 29.8. The van der Waals surface area contributed by atoms with E-state index in [1.807, 2.05) is 38.7 Å². The summed E-state index contributed by atoms with van der Waals surface area (Å²) in [6, 6.07) is 7.52. The van der Waals surface area contributed by atoms with Gasteiger partial charge >= 0.3 is 0 Å². The van der Waals surface area contributed by atoms with Gasteiger partial charge in [0.25, 0.3) is 0 Å². The van der Waals surface area contributed by atoms with Gasteiger partial charge in [-0.3, -0.25) is 4.89 Å². The number of anilines is 4. The quantitative estimate of drug-likeness (QED) is 0.258. The molecule has 14 heteroatoms. The molecule has 0 atom stereocenters. The lowest BCUT2D eigenvalue weighted by Crippen LogP contribution is -2.36. The van der Waals surface area contributed by atoms with Crippen molar-refractivity contribution in [1.29, 1.82) is 0 Å². The van der Waals surface area contributed by atoms with E-state index in [9.17, 15) is 13.3 Å². The molecule has 1 saturated heterocycles. The van der Waals surface area contributed by atoms with E-state index < -0.39 is 17.5 Å². The van der Waals surface area contributed by atoms with Crippen molar-refractivity contribution in [3.63, 3.8) is 0 Å². The van der Waals surface area contributed by atoms with Crippen molar-refractivity contribution in [2.45, 2.75) is 25.3 Å². The van der Waals surface area contributed by atoms with Gasteiger partial charge in [0.2, 0.25) is 16.0 Å². The number of halogens is 1. The number of rotatable bonds is 11. The first-order valence-electron chi connectivity index (χ1n) is 12.7. The Kier molecular flexibility index (Phi) is 9.57. The molecule has 1 aliphatic heterocycles. The van der Waals surface area contributed by atoms with Crippen LogP contribution in [0.1, 0.15) is 18.7 Å². The monoisotopic (exact) mass is 613 g/mol. The van der Waals surface area contributed by atoms with Crippen LogP contribution in [0.4, 0.5) is 23.1 Å². The van der Waals surface area contributed by atoms with Gasteiger partial charge in [0.15, 0.2) is 5.82 Å². The summed E-state index contributed by atoms with van der Waals surface area (Å²) in [5, 5.41) is 8.46. The molecule has 4 rings (SSSR count). The third-order valence-electron chi connectivity index (χ3n) is 6.69. The highest BCUT2D eigenvalue weighted by Crippen LogP contribution is 2.52. The van der Waals surface area contributed by atoms with Gasteiger partial charge in [0.1, 0.15) is 30.6 Å². The number of benzene rings is 1. The summed E-state index contributed by atoms with van der Waals surface area (Å²) in [5.74, 6) is 1.33. The van der Waals surface area contributed by atoms with Gasteiger partial charge in [-0.25, -0.2) is 13.4 Å². The maximum absolute atomic E-state index is 13.0. The third kappa shape index (κ3) is 6.93. The van der Waals surface area contributed by atoms with Crippen LogP contribution in [0.5, 0.6) is 5.75 Å². The number of hydrogen-bond donors (Lipinski definition) is 3. The van der Waals surface area contributed by atoms with E-state index in [2.05, 4.69) is 25.5 Å². The molecule has 39 heavy (non-hydrogen) atoms. The zero-order chi connectivity index (χ0) is 28.2. The van der Waals surface area contributed by atoms with Gasteiger partial charge in [0, 0.05) is 29.7 Å². The number of thiophene rings is 1. The lowest BCUT2D eigenvalue weighted by Gasteiger charge is -2.32. The van der Waals surface area contributed by atoms with Gasteiger partial charge in [-0.15, -0.1) is 11.3 Å². The topological polar surface area (TPSA) is 120 Å². The van der Waals surface area contributed by atoms with Crippen molar-refractivity contribution in [1.82, 2.24) is 14.3 Å². The number of nitrogens with one attached hydrogen (secondary N) is 2. The Hall–Kier alpha value is -2.21. The minimum Gasteiger partial charge on any atom is -0.494 e. The van der Waals surface area contributed by atoms with Gasteiger partial charge in [-0.2, -0.15) is 9.29 Å². The molecule has 0 saturated carbocycles. The number of ether oxygens (including phenoxy) is 1. The van der Waals surface area contributed by atoms with Gasteiger partial charge in [0.05, 0.1) is 50.2 Å². The molecule has 0 unspecified atom stereocenters. The number of nitrogens with zero attached hydrogens (tertiary/aromatic N) is 4. The van der Waals surface area contributed by atoms with Crippen LogP contribution >= 0.6 is 30.4 Å². The standard InChI is InChI=1S/C25H35ClN6O4PS2/c1-5-32(6-2)39(34,35)23-9-14-38-22(23)17-28-25-27-16-19(26)24(30-25)29-20-8-7-18(15-21(20)36-3)31-10-12-37(4,33)13-11-31/h7-9,14-16,33H,5-6,10-13,17H2,1-4H3,(H2,27,28,29,30)/q+1. The predicted octanol–water partition coefficient (Wildman–Crippen LogP) is 4.96. The Morgan fingerprint density at radius 2 is 1.95 bits per heavy atom. The summed E-state index contributed by atoms with van der Waals surface area (Å²) in [4.78, 5) is 22.4. The number of sulfonamides is 1. The molecule has 3 aromatic rings.